The Bertz CT molecular complexity index is 1030. The van der Waals surface area contributed by atoms with Gasteiger partial charge < -0.3 is 31.1 Å². The third kappa shape index (κ3) is 7.90. The number of guanidine groups is 1. The summed E-state index contributed by atoms with van der Waals surface area (Å²) >= 11 is 0. The first kappa shape index (κ1) is 25.9. The van der Waals surface area contributed by atoms with E-state index in [2.05, 4.69) is 10.6 Å². The van der Waals surface area contributed by atoms with Gasteiger partial charge in [-0.2, -0.15) is 0 Å². The predicted octanol–water partition coefficient (Wildman–Crippen LogP) is 3.23. The number of benzene rings is 2. The molecule has 2 aromatic carbocycles. The second-order valence-corrected chi connectivity index (χ2v) is 9.34. The first-order chi connectivity index (χ1) is 15.5. The maximum atomic E-state index is 13.0. The molecule has 2 aromatic rings. The van der Waals surface area contributed by atoms with E-state index in [1.807, 2.05) is 6.07 Å². The summed E-state index contributed by atoms with van der Waals surface area (Å²) in [6, 6.07) is 14.6. The van der Waals surface area contributed by atoms with Crippen molar-refractivity contribution >= 4 is 31.3 Å². The Morgan fingerprint density at radius 3 is 2.39 bits per heavy atom. The van der Waals surface area contributed by atoms with Crippen LogP contribution in [0.3, 0.4) is 0 Å². The molecule has 3 unspecified atom stereocenters. The number of amides is 1. The van der Waals surface area contributed by atoms with Crippen LogP contribution in [0.15, 0.2) is 54.6 Å². The average molecular weight is 478 g/mol. The van der Waals surface area contributed by atoms with Crippen LogP contribution in [0.1, 0.15) is 31.1 Å². The quantitative estimate of drug-likeness (QED) is 0.169. The number of nitrogens with one attached hydrogen (secondary N) is 3. The van der Waals surface area contributed by atoms with Crippen LogP contribution in [0.4, 0.5) is 10.5 Å². The molecule has 0 aliphatic rings. The first-order valence-corrected chi connectivity index (χ1v) is 11.6. The van der Waals surface area contributed by atoms with Crippen LogP contribution in [-0.2, 0) is 25.2 Å². The van der Waals surface area contributed by atoms with Crippen LogP contribution in [-0.4, -0.2) is 33.8 Å². The second kappa shape index (κ2) is 11.5. The summed E-state index contributed by atoms with van der Waals surface area (Å²) < 4.78 is 23.3. The Morgan fingerprint density at radius 2 is 1.82 bits per heavy atom. The van der Waals surface area contributed by atoms with Crippen LogP contribution >= 0.6 is 7.60 Å². The molecule has 0 fully saturated rings. The van der Waals surface area contributed by atoms with Crippen molar-refractivity contribution in [2.24, 2.45) is 11.7 Å². The monoisotopic (exact) mass is 478 g/mol. The number of carboxylic acids is 1. The molecule has 178 valence electrons. The lowest BCUT2D eigenvalue weighted by atomic mass is 10.1. The highest BCUT2D eigenvalue weighted by Gasteiger charge is 2.41. The van der Waals surface area contributed by atoms with Gasteiger partial charge in [0.1, 0.15) is 12.4 Å². The molecule has 11 nitrogen and oxygen atoms in total. The summed E-state index contributed by atoms with van der Waals surface area (Å²) in [6.45, 7) is 3.09. The number of hydrogen-bond acceptors (Lipinski definition) is 6. The summed E-state index contributed by atoms with van der Waals surface area (Å²) in [5, 5.41) is 21.7. The lowest BCUT2D eigenvalue weighted by Crippen LogP contribution is -2.39. The maximum Gasteiger partial charge on any atom is 0.408 e. The van der Waals surface area contributed by atoms with Crippen molar-refractivity contribution < 1.29 is 33.4 Å². The minimum Gasteiger partial charge on any atom is -0.479 e. The van der Waals surface area contributed by atoms with Gasteiger partial charge in [-0.3, -0.25) is 14.5 Å². The number of rotatable bonds is 10. The molecule has 0 aromatic heterocycles. The SMILES string of the molecule is CC(C)C(NC(=O)OCc1ccccc1)P(=O)(O)OC(C(=O)O)c1cccc(NC(=N)N)c1. The number of hydrogen-bond donors (Lipinski definition) is 6. The van der Waals surface area contributed by atoms with E-state index in [1.165, 1.54) is 24.3 Å². The molecular formula is C21H27N4O7P. The number of carbonyl (C=O) groups is 2. The topological polar surface area (TPSA) is 184 Å². The number of anilines is 1. The summed E-state index contributed by atoms with van der Waals surface area (Å²) in [5.41, 5.74) is 6.34. The van der Waals surface area contributed by atoms with Crippen LogP contribution in [0, 0.1) is 11.3 Å². The average Bonchev–Trinajstić information content (AvgIpc) is 2.74. The molecule has 0 spiro atoms. The van der Waals surface area contributed by atoms with Crippen LogP contribution in [0.2, 0.25) is 0 Å². The van der Waals surface area contributed by atoms with Gasteiger partial charge in [-0.15, -0.1) is 0 Å². The van der Waals surface area contributed by atoms with Crippen molar-refractivity contribution in [2.75, 3.05) is 5.32 Å². The van der Waals surface area contributed by atoms with Gasteiger partial charge in [-0.05, 0) is 29.2 Å². The third-order valence-electron chi connectivity index (χ3n) is 4.41. The minimum atomic E-state index is -4.71. The summed E-state index contributed by atoms with van der Waals surface area (Å²) in [4.78, 5) is 34.7. The van der Waals surface area contributed by atoms with Gasteiger partial charge in [-0.1, -0.05) is 56.3 Å². The van der Waals surface area contributed by atoms with Crippen molar-refractivity contribution in [3.63, 3.8) is 0 Å². The smallest absolute Gasteiger partial charge is 0.408 e. The van der Waals surface area contributed by atoms with Gasteiger partial charge in [-0.25, -0.2) is 9.59 Å². The van der Waals surface area contributed by atoms with Crippen LogP contribution in [0.25, 0.3) is 0 Å². The fourth-order valence-corrected chi connectivity index (χ4v) is 4.58. The van der Waals surface area contributed by atoms with E-state index in [0.717, 1.165) is 5.56 Å². The minimum absolute atomic E-state index is 0.0391. The van der Waals surface area contributed by atoms with Crippen LogP contribution < -0.4 is 16.4 Å². The van der Waals surface area contributed by atoms with Gasteiger partial charge in [0.25, 0.3) is 0 Å². The molecule has 0 aliphatic carbocycles. The van der Waals surface area contributed by atoms with Crippen LogP contribution in [0.5, 0.6) is 0 Å². The van der Waals surface area contributed by atoms with Gasteiger partial charge in [0.05, 0.1) is 0 Å². The Hall–Kier alpha value is -3.40. The molecule has 0 bridgehead atoms. The fourth-order valence-electron chi connectivity index (χ4n) is 2.91. The van der Waals surface area contributed by atoms with E-state index in [9.17, 15) is 24.2 Å². The fraction of sp³-hybridized carbons (Fsp3) is 0.286. The molecule has 0 saturated heterocycles. The Morgan fingerprint density at radius 1 is 1.15 bits per heavy atom. The largest absolute Gasteiger partial charge is 0.479 e. The van der Waals surface area contributed by atoms with E-state index < -0.39 is 37.5 Å². The van der Waals surface area contributed by atoms with Crippen molar-refractivity contribution in [1.82, 2.24) is 5.32 Å². The number of nitrogens with two attached hydrogens (primary N) is 1. The molecular weight excluding hydrogens is 451 g/mol. The van der Waals surface area contributed by atoms with Gasteiger partial charge >= 0.3 is 19.7 Å². The Balaban J connectivity index is 2.16. The number of alkyl carbamates (subject to hydrolysis) is 1. The predicted molar refractivity (Wildman–Crippen MR) is 122 cm³/mol. The molecule has 2 rings (SSSR count). The molecule has 0 radical (unpaired) electrons. The second-order valence-electron chi connectivity index (χ2n) is 7.45. The van der Waals surface area contributed by atoms with Crippen molar-refractivity contribution in [3.8, 4) is 0 Å². The van der Waals surface area contributed by atoms with Gasteiger partial charge in [0, 0.05) is 5.69 Å². The van der Waals surface area contributed by atoms with Crippen molar-refractivity contribution in [3.05, 3.63) is 65.7 Å². The number of aliphatic carboxylic acids is 1. The number of ether oxygens (including phenoxy) is 1. The van der Waals surface area contributed by atoms with E-state index in [1.54, 1.807) is 38.1 Å². The number of carboxylic acid groups (broad SMARTS) is 1. The van der Waals surface area contributed by atoms with E-state index in [4.69, 9.17) is 20.4 Å². The lowest BCUT2D eigenvalue weighted by Gasteiger charge is -2.28. The Kier molecular flexibility index (Phi) is 8.98. The summed E-state index contributed by atoms with van der Waals surface area (Å²) in [6.07, 6.45) is -2.77. The molecule has 0 aliphatic heterocycles. The van der Waals surface area contributed by atoms with E-state index >= 15 is 0 Å². The highest BCUT2D eigenvalue weighted by molar-refractivity contribution is 7.53. The third-order valence-corrected chi connectivity index (χ3v) is 6.35. The number of carbonyl (C=O) groups excluding carboxylic acids is 1. The van der Waals surface area contributed by atoms with E-state index in [-0.39, 0.29) is 18.1 Å². The molecule has 12 heteroatoms. The molecule has 3 atom stereocenters. The van der Waals surface area contributed by atoms with Gasteiger partial charge in [0.2, 0.25) is 0 Å². The molecule has 0 saturated carbocycles. The molecule has 7 N–H and O–H groups in total. The Labute approximate surface area is 190 Å². The van der Waals surface area contributed by atoms with E-state index in [0.29, 0.717) is 5.69 Å². The zero-order valence-corrected chi connectivity index (χ0v) is 19.0. The zero-order valence-electron chi connectivity index (χ0n) is 18.1. The molecule has 1 amide bonds. The maximum absolute atomic E-state index is 13.0. The van der Waals surface area contributed by atoms with Crippen molar-refractivity contribution in [1.29, 1.82) is 5.41 Å². The normalized spacial score (nSPS) is 14.5. The molecule has 33 heavy (non-hydrogen) atoms. The summed E-state index contributed by atoms with van der Waals surface area (Å²) in [7, 11) is -4.71. The standard InChI is InChI=1S/C21H27N4O7P/c1-13(2)18(25-21(28)31-12-14-7-4-3-5-8-14)33(29,30)32-17(19(26)27)15-9-6-10-16(11-15)24-20(22)23/h3-11,13,17-18H,12H2,1-2H3,(H,25,28)(H,26,27)(H,29,30)(H4,22,23,24). The van der Waals surface area contributed by atoms with Gasteiger partial charge in [0.15, 0.2) is 12.1 Å². The summed E-state index contributed by atoms with van der Waals surface area (Å²) in [5.74, 6) is -3.91. The van der Waals surface area contributed by atoms with Crippen molar-refractivity contribution in [2.45, 2.75) is 32.3 Å². The highest BCUT2D eigenvalue weighted by Crippen LogP contribution is 2.53. The zero-order chi connectivity index (χ0) is 24.6. The first-order valence-electron chi connectivity index (χ1n) is 9.91. The molecule has 0 heterocycles. The highest BCUT2D eigenvalue weighted by atomic mass is 31.2. The lowest BCUT2D eigenvalue weighted by molar-refractivity contribution is -0.145.